The summed E-state index contributed by atoms with van der Waals surface area (Å²) in [5.41, 5.74) is 2.32. The molecular weight excluding hydrogens is 472 g/mol. The molecule has 5 heteroatoms. The molecule has 0 radical (unpaired) electrons. The van der Waals surface area contributed by atoms with Gasteiger partial charge in [-0.05, 0) is 78.8 Å². The molecule has 0 fully saturated rings. The van der Waals surface area contributed by atoms with E-state index in [-0.39, 0.29) is 34.4 Å². The summed E-state index contributed by atoms with van der Waals surface area (Å²) in [5.74, 6) is -0.577. The van der Waals surface area contributed by atoms with Crippen molar-refractivity contribution in [1.29, 1.82) is 0 Å². The highest BCUT2D eigenvalue weighted by Crippen LogP contribution is 2.37. The van der Waals surface area contributed by atoms with Crippen molar-refractivity contribution in [3.8, 4) is 0 Å². The van der Waals surface area contributed by atoms with E-state index in [0.29, 0.717) is 0 Å². The van der Waals surface area contributed by atoms with Crippen LogP contribution in [0.25, 0.3) is 0 Å². The Hall–Kier alpha value is -1.10. The summed E-state index contributed by atoms with van der Waals surface area (Å²) in [5, 5.41) is 0.967. The van der Waals surface area contributed by atoms with Gasteiger partial charge >= 0.3 is 5.97 Å². The van der Waals surface area contributed by atoms with Gasteiger partial charge in [0.05, 0.1) is 5.92 Å². The SMILES string of the molecule is CC(C(=O)OC/C=C/C(C)(C)CCCO[Si](C)(C)C(C)(C)C)c1ccc(CCC(C)(C)C)c(Cl)c1. The maximum Gasteiger partial charge on any atom is 0.313 e. The Bertz CT molecular complexity index is 844. The van der Waals surface area contributed by atoms with E-state index >= 15 is 0 Å². The van der Waals surface area contributed by atoms with E-state index < -0.39 is 8.32 Å². The van der Waals surface area contributed by atoms with Gasteiger partial charge in [-0.25, -0.2) is 0 Å². The quantitative estimate of drug-likeness (QED) is 0.119. The lowest BCUT2D eigenvalue weighted by Gasteiger charge is -2.36. The van der Waals surface area contributed by atoms with Gasteiger partial charge < -0.3 is 9.16 Å². The molecule has 200 valence electrons. The maximum absolute atomic E-state index is 12.6. The third-order valence-electron chi connectivity index (χ3n) is 7.20. The molecular formula is C30H51ClO3Si. The van der Waals surface area contributed by atoms with Gasteiger partial charge in [0.25, 0.3) is 0 Å². The van der Waals surface area contributed by atoms with Crippen molar-refractivity contribution >= 4 is 25.9 Å². The molecule has 1 unspecified atom stereocenters. The van der Waals surface area contributed by atoms with Crippen molar-refractivity contribution in [2.75, 3.05) is 13.2 Å². The summed E-state index contributed by atoms with van der Waals surface area (Å²) in [7, 11) is -1.69. The van der Waals surface area contributed by atoms with Crippen LogP contribution in [0.1, 0.15) is 98.6 Å². The van der Waals surface area contributed by atoms with E-state index in [2.05, 4.69) is 74.6 Å². The van der Waals surface area contributed by atoms with Crippen LogP contribution in [0.4, 0.5) is 0 Å². The summed E-state index contributed by atoms with van der Waals surface area (Å²) in [4.78, 5) is 12.6. The number of aryl methyl sites for hydroxylation is 1. The molecule has 35 heavy (non-hydrogen) atoms. The summed E-state index contributed by atoms with van der Waals surface area (Å²) < 4.78 is 11.8. The van der Waals surface area contributed by atoms with Crippen molar-refractivity contribution in [2.24, 2.45) is 10.8 Å². The van der Waals surface area contributed by atoms with Crippen molar-refractivity contribution < 1.29 is 14.0 Å². The molecule has 1 rings (SSSR count). The van der Waals surface area contributed by atoms with Gasteiger partial charge in [0.2, 0.25) is 0 Å². The van der Waals surface area contributed by atoms with E-state index in [9.17, 15) is 4.79 Å². The Morgan fingerprint density at radius 2 is 1.69 bits per heavy atom. The van der Waals surface area contributed by atoms with E-state index in [1.54, 1.807) is 0 Å². The summed E-state index contributed by atoms with van der Waals surface area (Å²) in [6.45, 7) is 25.5. The van der Waals surface area contributed by atoms with Crippen LogP contribution in [-0.2, 0) is 20.4 Å². The average molecular weight is 523 g/mol. The number of rotatable bonds is 12. The van der Waals surface area contributed by atoms with Crippen LogP contribution < -0.4 is 0 Å². The number of hydrogen-bond acceptors (Lipinski definition) is 3. The maximum atomic E-state index is 12.6. The van der Waals surface area contributed by atoms with Gasteiger partial charge in [-0.1, -0.05) is 91.3 Å². The van der Waals surface area contributed by atoms with Crippen LogP contribution in [0.3, 0.4) is 0 Å². The lowest BCUT2D eigenvalue weighted by molar-refractivity contribution is -0.143. The number of allylic oxidation sites excluding steroid dienone is 1. The fraction of sp³-hybridized carbons (Fsp3) is 0.700. The topological polar surface area (TPSA) is 35.5 Å². The smallest absolute Gasteiger partial charge is 0.313 e. The Kier molecular flexibility index (Phi) is 11.8. The molecule has 1 aromatic carbocycles. The van der Waals surface area contributed by atoms with E-state index in [0.717, 1.165) is 48.4 Å². The molecule has 1 aromatic rings. The van der Waals surface area contributed by atoms with Crippen molar-refractivity contribution in [3.05, 3.63) is 46.5 Å². The molecule has 0 aliphatic heterocycles. The minimum absolute atomic E-state index is 0.0330. The molecule has 0 saturated heterocycles. The Balaban J connectivity index is 2.50. The molecule has 0 amide bonds. The van der Waals surface area contributed by atoms with Gasteiger partial charge in [-0.3, -0.25) is 4.79 Å². The lowest BCUT2D eigenvalue weighted by atomic mass is 9.87. The van der Waals surface area contributed by atoms with E-state index in [1.807, 2.05) is 31.2 Å². The highest BCUT2D eigenvalue weighted by Gasteiger charge is 2.36. The Morgan fingerprint density at radius 3 is 2.23 bits per heavy atom. The highest BCUT2D eigenvalue weighted by molar-refractivity contribution is 6.74. The van der Waals surface area contributed by atoms with Gasteiger partial charge in [0.1, 0.15) is 6.61 Å². The molecule has 0 N–H and O–H groups in total. The van der Waals surface area contributed by atoms with Crippen LogP contribution >= 0.6 is 11.6 Å². The van der Waals surface area contributed by atoms with E-state index in [1.165, 1.54) is 0 Å². The molecule has 0 heterocycles. The number of esters is 1. The second-order valence-electron chi connectivity index (χ2n) is 13.4. The molecule has 3 nitrogen and oxygen atoms in total. The van der Waals surface area contributed by atoms with Crippen molar-refractivity contribution in [2.45, 2.75) is 112 Å². The highest BCUT2D eigenvalue weighted by atomic mass is 35.5. The summed E-state index contributed by atoms with van der Waals surface area (Å²) in [6, 6.07) is 5.96. The standard InChI is InChI=1S/C30H51ClO3Si/c1-23(25-15-14-24(26(31)22-25)16-19-28(2,3)4)27(32)33-20-12-17-30(8,9)18-13-21-34-35(10,11)29(5,6)7/h12,14-15,17,22-23H,13,16,18-21H2,1-11H3/b17-12+. The number of ether oxygens (including phenoxy) is 1. The minimum Gasteiger partial charge on any atom is -0.461 e. The molecule has 0 aromatic heterocycles. The van der Waals surface area contributed by atoms with Crippen LogP contribution in [0.2, 0.25) is 23.2 Å². The zero-order valence-electron chi connectivity index (χ0n) is 24.3. The molecule has 1 atom stereocenters. The first-order valence-corrected chi connectivity index (χ1v) is 16.4. The van der Waals surface area contributed by atoms with Gasteiger partial charge in [0.15, 0.2) is 8.32 Å². The van der Waals surface area contributed by atoms with Crippen molar-refractivity contribution in [3.63, 3.8) is 0 Å². The van der Waals surface area contributed by atoms with Crippen LogP contribution in [0.15, 0.2) is 30.4 Å². The minimum atomic E-state index is -1.69. The third kappa shape index (κ3) is 11.7. The molecule has 0 spiro atoms. The normalized spacial score (nSPS) is 14.4. The Morgan fingerprint density at radius 1 is 1.06 bits per heavy atom. The number of carbonyl (C=O) groups excluding carboxylic acids is 1. The number of benzene rings is 1. The molecule has 0 bridgehead atoms. The fourth-order valence-electron chi connectivity index (χ4n) is 3.46. The monoisotopic (exact) mass is 522 g/mol. The van der Waals surface area contributed by atoms with Crippen molar-refractivity contribution in [1.82, 2.24) is 0 Å². The fourth-order valence-corrected chi connectivity index (χ4v) is 4.83. The first-order valence-electron chi connectivity index (χ1n) is 13.1. The number of hydrogen-bond donors (Lipinski definition) is 0. The third-order valence-corrected chi connectivity index (χ3v) is 12.1. The zero-order valence-corrected chi connectivity index (χ0v) is 26.1. The Labute approximate surface area is 222 Å². The van der Waals surface area contributed by atoms with Crippen LogP contribution in [0, 0.1) is 10.8 Å². The average Bonchev–Trinajstić information content (AvgIpc) is 2.71. The lowest BCUT2D eigenvalue weighted by Crippen LogP contribution is -2.41. The summed E-state index contributed by atoms with van der Waals surface area (Å²) >= 11 is 6.51. The van der Waals surface area contributed by atoms with Crippen LogP contribution in [-0.4, -0.2) is 27.5 Å². The van der Waals surface area contributed by atoms with Gasteiger partial charge in [0, 0.05) is 11.6 Å². The second kappa shape index (κ2) is 12.9. The van der Waals surface area contributed by atoms with Gasteiger partial charge in [-0.15, -0.1) is 0 Å². The first kappa shape index (κ1) is 31.9. The number of carbonyl (C=O) groups is 1. The second-order valence-corrected chi connectivity index (χ2v) is 18.6. The first-order chi connectivity index (χ1) is 15.8. The van der Waals surface area contributed by atoms with Gasteiger partial charge in [-0.2, -0.15) is 0 Å². The van der Waals surface area contributed by atoms with Crippen LogP contribution in [0.5, 0.6) is 0 Å². The van der Waals surface area contributed by atoms with E-state index in [4.69, 9.17) is 20.8 Å². The largest absolute Gasteiger partial charge is 0.461 e. The molecule has 0 saturated carbocycles. The predicted molar refractivity (Wildman–Crippen MR) is 154 cm³/mol. The number of halogens is 1. The predicted octanol–water partition coefficient (Wildman–Crippen LogP) is 9.35. The molecule has 0 aliphatic rings. The zero-order chi connectivity index (χ0) is 27.1. The summed E-state index contributed by atoms with van der Waals surface area (Å²) in [6.07, 6.45) is 8.16. The molecule has 0 aliphatic carbocycles.